The second-order valence-corrected chi connectivity index (χ2v) is 2.89. The van der Waals surface area contributed by atoms with Crippen molar-refractivity contribution in [2.24, 2.45) is 0 Å². The van der Waals surface area contributed by atoms with Crippen LogP contribution in [0.1, 0.15) is 5.76 Å². The molecule has 2 rings (SSSR count). The average molecular weight is 179 g/mol. The molecule has 0 bridgehead atoms. The highest BCUT2D eigenvalue weighted by molar-refractivity contribution is 5.78. The molecule has 1 aromatic carbocycles. The van der Waals surface area contributed by atoms with E-state index in [9.17, 15) is 4.39 Å². The van der Waals surface area contributed by atoms with Gasteiger partial charge in [-0.2, -0.15) is 0 Å². The van der Waals surface area contributed by atoms with Crippen molar-refractivity contribution in [3.63, 3.8) is 0 Å². The predicted octanol–water partition coefficient (Wildman–Crippen LogP) is 2.29. The summed E-state index contributed by atoms with van der Waals surface area (Å²) in [5.41, 5.74) is 0.602. The van der Waals surface area contributed by atoms with Crippen LogP contribution < -0.4 is 5.32 Å². The molecule has 3 heteroatoms. The Balaban J connectivity index is 2.55. The van der Waals surface area contributed by atoms with Gasteiger partial charge in [-0.25, -0.2) is 4.39 Å². The van der Waals surface area contributed by atoms with E-state index >= 15 is 0 Å². The van der Waals surface area contributed by atoms with E-state index in [1.54, 1.807) is 18.2 Å². The van der Waals surface area contributed by atoms with E-state index < -0.39 is 0 Å². The van der Waals surface area contributed by atoms with Crippen molar-refractivity contribution in [1.82, 2.24) is 5.32 Å². The highest BCUT2D eigenvalue weighted by Crippen LogP contribution is 2.21. The molecule has 0 unspecified atom stereocenters. The van der Waals surface area contributed by atoms with Crippen LogP contribution in [0.4, 0.5) is 4.39 Å². The van der Waals surface area contributed by atoms with Crippen LogP contribution in [0.5, 0.6) is 0 Å². The molecule has 0 fully saturated rings. The zero-order chi connectivity index (χ0) is 9.26. The normalized spacial score (nSPS) is 10.9. The summed E-state index contributed by atoms with van der Waals surface area (Å²) in [7, 11) is 1.82. The number of nitrogens with one attached hydrogen (secondary N) is 1. The van der Waals surface area contributed by atoms with Crippen molar-refractivity contribution in [1.29, 1.82) is 0 Å². The Kier molecular flexibility index (Phi) is 2.02. The van der Waals surface area contributed by atoms with Crippen molar-refractivity contribution in [2.75, 3.05) is 7.05 Å². The van der Waals surface area contributed by atoms with Gasteiger partial charge in [-0.3, -0.25) is 0 Å². The lowest BCUT2D eigenvalue weighted by molar-refractivity contribution is 0.530. The smallest absolute Gasteiger partial charge is 0.137 e. The minimum absolute atomic E-state index is 0.233. The summed E-state index contributed by atoms with van der Waals surface area (Å²) in [5.74, 6) is 0.520. The van der Waals surface area contributed by atoms with Gasteiger partial charge in [-0.05, 0) is 25.2 Å². The van der Waals surface area contributed by atoms with E-state index in [-0.39, 0.29) is 5.82 Å². The van der Waals surface area contributed by atoms with E-state index in [0.717, 1.165) is 5.76 Å². The molecule has 0 aliphatic rings. The lowest BCUT2D eigenvalue weighted by atomic mass is 10.2. The molecule has 0 radical (unpaired) electrons. The van der Waals surface area contributed by atoms with Crippen molar-refractivity contribution in [3.05, 3.63) is 35.8 Å². The molecule has 0 saturated carbocycles. The monoisotopic (exact) mass is 179 g/mol. The molecule has 1 heterocycles. The maximum absolute atomic E-state index is 13.2. The third-order valence-corrected chi connectivity index (χ3v) is 1.91. The summed E-state index contributed by atoms with van der Waals surface area (Å²) in [5, 5.41) is 3.50. The second-order valence-electron chi connectivity index (χ2n) is 2.89. The molecule has 0 spiro atoms. The van der Waals surface area contributed by atoms with Gasteiger partial charge in [0.2, 0.25) is 0 Å². The summed E-state index contributed by atoms with van der Waals surface area (Å²) >= 11 is 0. The first-order valence-electron chi connectivity index (χ1n) is 4.13. The van der Waals surface area contributed by atoms with Crippen LogP contribution >= 0.6 is 0 Å². The van der Waals surface area contributed by atoms with E-state index in [4.69, 9.17) is 4.42 Å². The summed E-state index contributed by atoms with van der Waals surface area (Å²) < 4.78 is 18.5. The topological polar surface area (TPSA) is 25.2 Å². The first kappa shape index (κ1) is 8.26. The second kappa shape index (κ2) is 3.18. The first-order chi connectivity index (χ1) is 6.31. The number of fused-ring (bicyclic) bond motifs is 1. The molecule has 0 aliphatic heterocycles. The summed E-state index contributed by atoms with van der Waals surface area (Å²) in [6, 6.07) is 6.56. The van der Waals surface area contributed by atoms with Crippen LogP contribution in [0.15, 0.2) is 28.7 Å². The fourth-order valence-corrected chi connectivity index (χ4v) is 1.34. The molecule has 2 nitrogen and oxygen atoms in total. The molecule has 2 aromatic rings. The number of rotatable bonds is 2. The van der Waals surface area contributed by atoms with Gasteiger partial charge in [0, 0.05) is 0 Å². The van der Waals surface area contributed by atoms with E-state index in [2.05, 4.69) is 5.32 Å². The fourth-order valence-electron chi connectivity index (χ4n) is 1.34. The van der Waals surface area contributed by atoms with Gasteiger partial charge in [0.05, 0.1) is 11.9 Å². The van der Waals surface area contributed by atoms with E-state index in [0.29, 0.717) is 17.5 Å². The molecule has 1 aromatic heterocycles. The van der Waals surface area contributed by atoms with E-state index in [1.165, 1.54) is 6.07 Å². The molecule has 68 valence electrons. The third-order valence-electron chi connectivity index (χ3n) is 1.91. The highest BCUT2D eigenvalue weighted by Gasteiger charge is 2.05. The maximum atomic E-state index is 13.2. The number of hydrogen-bond donors (Lipinski definition) is 1. The third kappa shape index (κ3) is 1.42. The Morgan fingerprint density at radius 3 is 3.00 bits per heavy atom. The van der Waals surface area contributed by atoms with E-state index in [1.807, 2.05) is 7.05 Å². The molecule has 0 saturated heterocycles. The number of furan rings is 1. The van der Waals surface area contributed by atoms with Gasteiger partial charge < -0.3 is 9.73 Å². The van der Waals surface area contributed by atoms with Crippen molar-refractivity contribution >= 4 is 11.0 Å². The van der Waals surface area contributed by atoms with Crippen LogP contribution in [0.25, 0.3) is 11.0 Å². The van der Waals surface area contributed by atoms with Crippen LogP contribution in [0.2, 0.25) is 0 Å². The largest absolute Gasteiger partial charge is 0.460 e. The van der Waals surface area contributed by atoms with Gasteiger partial charge in [0.25, 0.3) is 0 Å². The molecule has 13 heavy (non-hydrogen) atoms. The minimum atomic E-state index is -0.233. The Morgan fingerprint density at radius 2 is 2.31 bits per heavy atom. The van der Waals surface area contributed by atoms with Gasteiger partial charge in [0.1, 0.15) is 17.2 Å². The average Bonchev–Trinajstić information content (AvgIpc) is 2.49. The summed E-state index contributed by atoms with van der Waals surface area (Å²) in [6.07, 6.45) is 0. The van der Waals surface area contributed by atoms with Crippen LogP contribution in [0.3, 0.4) is 0 Å². The van der Waals surface area contributed by atoms with Crippen LogP contribution in [0, 0.1) is 5.82 Å². The summed E-state index contributed by atoms with van der Waals surface area (Å²) in [6.45, 7) is 0.619. The molecule has 0 aliphatic carbocycles. The molecular weight excluding hydrogens is 169 g/mol. The van der Waals surface area contributed by atoms with Crippen molar-refractivity contribution in [2.45, 2.75) is 6.54 Å². The van der Waals surface area contributed by atoms with Gasteiger partial charge >= 0.3 is 0 Å². The fraction of sp³-hybridized carbons (Fsp3) is 0.200. The Morgan fingerprint density at radius 1 is 1.46 bits per heavy atom. The van der Waals surface area contributed by atoms with Gasteiger partial charge in [-0.1, -0.05) is 6.07 Å². The molecule has 0 atom stereocenters. The molecular formula is C10H10FNO. The first-order valence-corrected chi connectivity index (χ1v) is 4.13. The zero-order valence-electron chi connectivity index (χ0n) is 7.30. The van der Waals surface area contributed by atoms with Crippen LogP contribution in [-0.4, -0.2) is 7.05 Å². The lowest BCUT2D eigenvalue weighted by Gasteiger charge is -1.90. The summed E-state index contributed by atoms with van der Waals surface area (Å²) in [4.78, 5) is 0. The Hall–Kier alpha value is -1.35. The zero-order valence-corrected chi connectivity index (χ0v) is 7.30. The predicted molar refractivity (Wildman–Crippen MR) is 48.9 cm³/mol. The number of hydrogen-bond acceptors (Lipinski definition) is 2. The number of halogens is 1. The highest BCUT2D eigenvalue weighted by atomic mass is 19.1. The Bertz CT molecular complexity index is 422. The van der Waals surface area contributed by atoms with Crippen LogP contribution in [-0.2, 0) is 6.54 Å². The molecule has 1 N–H and O–H groups in total. The van der Waals surface area contributed by atoms with Crippen molar-refractivity contribution < 1.29 is 8.81 Å². The SMILES string of the molecule is CNCc1cc2c(F)cccc2o1. The van der Waals surface area contributed by atoms with Gasteiger partial charge in [-0.15, -0.1) is 0 Å². The van der Waals surface area contributed by atoms with Crippen molar-refractivity contribution in [3.8, 4) is 0 Å². The van der Waals surface area contributed by atoms with Gasteiger partial charge in [0.15, 0.2) is 0 Å². The maximum Gasteiger partial charge on any atom is 0.137 e. The Labute approximate surface area is 75.4 Å². The lowest BCUT2D eigenvalue weighted by Crippen LogP contribution is -2.03. The standard InChI is InChI=1S/C10H10FNO/c1-12-6-7-5-8-9(11)3-2-4-10(8)13-7/h2-5,12H,6H2,1H3. The molecule has 0 amide bonds. The quantitative estimate of drug-likeness (QED) is 0.765. The minimum Gasteiger partial charge on any atom is -0.460 e. The number of benzene rings is 1.